The average Bonchev–Trinajstić information content (AvgIpc) is 2.77. The molecule has 0 atom stereocenters. The quantitative estimate of drug-likeness (QED) is 0.905. The van der Waals surface area contributed by atoms with E-state index in [-0.39, 0.29) is 10.6 Å². The number of nitrogens with zero attached hydrogens (tertiary/aromatic N) is 1. The van der Waals surface area contributed by atoms with Crippen LogP contribution in [0.2, 0.25) is 0 Å². The van der Waals surface area contributed by atoms with Crippen LogP contribution in [0.15, 0.2) is 35.4 Å². The number of carboxylic acids is 1. The van der Waals surface area contributed by atoms with E-state index < -0.39 is 16.0 Å². The maximum atomic E-state index is 12.4. The van der Waals surface area contributed by atoms with Gasteiger partial charge in [0.15, 0.2) is 0 Å². The molecule has 0 saturated carbocycles. The van der Waals surface area contributed by atoms with Gasteiger partial charge in [0.05, 0.1) is 5.69 Å². The van der Waals surface area contributed by atoms with Crippen molar-refractivity contribution in [1.82, 2.24) is 4.57 Å². The molecular formula is C14H16N2O4S. The van der Waals surface area contributed by atoms with Gasteiger partial charge in [-0.05, 0) is 31.0 Å². The molecule has 1 aromatic carbocycles. The maximum Gasteiger partial charge on any atom is 0.352 e. The van der Waals surface area contributed by atoms with Gasteiger partial charge in [-0.1, -0.05) is 18.2 Å². The Morgan fingerprint density at radius 3 is 2.29 bits per heavy atom. The minimum Gasteiger partial charge on any atom is -0.477 e. The summed E-state index contributed by atoms with van der Waals surface area (Å²) in [5.41, 5.74) is 2.02. The van der Waals surface area contributed by atoms with E-state index in [1.165, 1.54) is 17.8 Å². The first-order chi connectivity index (χ1) is 9.72. The fourth-order valence-corrected chi connectivity index (χ4v) is 3.33. The van der Waals surface area contributed by atoms with E-state index in [4.69, 9.17) is 5.11 Å². The van der Waals surface area contributed by atoms with Crippen LogP contribution < -0.4 is 4.72 Å². The summed E-state index contributed by atoms with van der Waals surface area (Å²) in [6.07, 6.45) is 1.28. The minimum absolute atomic E-state index is 0.0787. The van der Waals surface area contributed by atoms with Crippen LogP contribution in [0.1, 0.15) is 21.6 Å². The molecule has 0 spiro atoms. The van der Waals surface area contributed by atoms with Crippen LogP contribution in [-0.4, -0.2) is 24.1 Å². The summed E-state index contributed by atoms with van der Waals surface area (Å²) in [4.78, 5) is 10.9. The van der Waals surface area contributed by atoms with Gasteiger partial charge in [0, 0.05) is 13.2 Å². The molecule has 0 aliphatic rings. The van der Waals surface area contributed by atoms with Crippen molar-refractivity contribution in [3.63, 3.8) is 0 Å². The van der Waals surface area contributed by atoms with Crippen molar-refractivity contribution in [3.05, 3.63) is 47.3 Å². The van der Waals surface area contributed by atoms with Crippen molar-refractivity contribution in [1.29, 1.82) is 0 Å². The highest BCUT2D eigenvalue weighted by atomic mass is 32.2. The lowest BCUT2D eigenvalue weighted by atomic mass is 10.1. The number of para-hydroxylation sites is 1. The molecule has 112 valence electrons. The first kappa shape index (κ1) is 15.1. The summed E-state index contributed by atoms with van der Waals surface area (Å²) in [6, 6.07) is 6.59. The SMILES string of the molecule is Cc1cccc(C)c1NS(=O)(=O)c1cc(C(=O)O)n(C)c1. The van der Waals surface area contributed by atoms with Crippen molar-refractivity contribution in [2.45, 2.75) is 18.7 Å². The lowest BCUT2D eigenvalue weighted by Gasteiger charge is -2.12. The molecule has 1 aromatic heterocycles. The number of hydrogen-bond acceptors (Lipinski definition) is 3. The van der Waals surface area contributed by atoms with Gasteiger partial charge in [-0.25, -0.2) is 13.2 Å². The van der Waals surface area contributed by atoms with Gasteiger partial charge in [0.25, 0.3) is 10.0 Å². The largest absolute Gasteiger partial charge is 0.477 e. The number of nitrogens with one attached hydrogen (secondary N) is 1. The molecule has 0 unspecified atom stereocenters. The highest BCUT2D eigenvalue weighted by Crippen LogP contribution is 2.24. The number of benzene rings is 1. The molecule has 0 saturated heterocycles. The monoisotopic (exact) mass is 308 g/mol. The van der Waals surface area contributed by atoms with Crippen LogP contribution >= 0.6 is 0 Å². The normalized spacial score (nSPS) is 11.4. The Bertz CT molecular complexity index is 786. The summed E-state index contributed by atoms with van der Waals surface area (Å²) in [7, 11) is -2.34. The lowest BCUT2D eigenvalue weighted by molar-refractivity contribution is 0.0686. The molecule has 7 heteroatoms. The van der Waals surface area contributed by atoms with Gasteiger partial charge in [-0.3, -0.25) is 4.72 Å². The predicted molar refractivity (Wildman–Crippen MR) is 79.1 cm³/mol. The smallest absolute Gasteiger partial charge is 0.352 e. The summed E-state index contributed by atoms with van der Waals surface area (Å²) in [5, 5.41) is 8.99. The van der Waals surface area contributed by atoms with E-state index in [1.807, 2.05) is 6.07 Å². The summed E-state index contributed by atoms with van der Waals surface area (Å²) >= 11 is 0. The summed E-state index contributed by atoms with van der Waals surface area (Å²) in [5.74, 6) is -1.17. The molecular weight excluding hydrogens is 292 g/mol. The van der Waals surface area contributed by atoms with Crippen LogP contribution in [-0.2, 0) is 17.1 Å². The van der Waals surface area contributed by atoms with Crippen molar-refractivity contribution in [3.8, 4) is 0 Å². The molecule has 0 fully saturated rings. The highest BCUT2D eigenvalue weighted by Gasteiger charge is 2.21. The zero-order valence-corrected chi connectivity index (χ0v) is 12.7. The lowest BCUT2D eigenvalue weighted by Crippen LogP contribution is -2.14. The van der Waals surface area contributed by atoms with Gasteiger partial charge in [0.2, 0.25) is 0 Å². The van der Waals surface area contributed by atoms with Gasteiger partial charge < -0.3 is 9.67 Å². The molecule has 0 bridgehead atoms. The zero-order chi connectivity index (χ0) is 15.8. The van der Waals surface area contributed by atoms with E-state index in [2.05, 4.69) is 4.72 Å². The van der Waals surface area contributed by atoms with Crippen LogP contribution in [0.25, 0.3) is 0 Å². The Hall–Kier alpha value is -2.28. The molecule has 0 aliphatic carbocycles. The number of aryl methyl sites for hydroxylation is 3. The molecule has 6 nitrogen and oxygen atoms in total. The molecule has 2 rings (SSSR count). The van der Waals surface area contributed by atoms with Crippen LogP contribution in [0.3, 0.4) is 0 Å². The Balaban J connectivity index is 2.44. The van der Waals surface area contributed by atoms with Crippen LogP contribution in [0.4, 0.5) is 5.69 Å². The molecule has 0 amide bonds. The number of carboxylic acid groups (broad SMARTS) is 1. The summed E-state index contributed by atoms with van der Waals surface area (Å²) in [6.45, 7) is 3.61. The Morgan fingerprint density at radius 1 is 1.24 bits per heavy atom. The van der Waals surface area contributed by atoms with Crippen molar-refractivity contribution in [2.24, 2.45) is 7.05 Å². The number of rotatable bonds is 4. The van der Waals surface area contributed by atoms with Crippen molar-refractivity contribution < 1.29 is 18.3 Å². The number of anilines is 1. The highest BCUT2D eigenvalue weighted by molar-refractivity contribution is 7.92. The Kier molecular flexibility index (Phi) is 3.78. The molecule has 2 N–H and O–H groups in total. The number of carbonyl (C=O) groups is 1. The van der Waals surface area contributed by atoms with Crippen molar-refractivity contribution >= 4 is 21.7 Å². The fourth-order valence-electron chi connectivity index (χ4n) is 2.06. The third-order valence-corrected chi connectivity index (χ3v) is 4.54. The number of aromatic carboxylic acids is 1. The van der Waals surface area contributed by atoms with Crippen molar-refractivity contribution in [2.75, 3.05) is 4.72 Å². The second kappa shape index (κ2) is 5.25. The van der Waals surface area contributed by atoms with Gasteiger partial charge in [-0.15, -0.1) is 0 Å². The number of hydrogen-bond donors (Lipinski definition) is 2. The Morgan fingerprint density at radius 2 is 1.81 bits per heavy atom. The first-order valence-electron chi connectivity index (χ1n) is 6.21. The zero-order valence-electron chi connectivity index (χ0n) is 11.9. The molecule has 0 aliphatic heterocycles. The van der Waals surface area contributed by atoms with E-state index in [0.717, 1.165) is 17.2 Å². The molecule has 21 heavy (non-hydrogen) atoms. The van der Waals surface area contributed by atoms with E-state index in [9.17, 15) is 13.2 Å². The third kappa shape index (κ3) is 2.92. The van der Waals surface area contributed by atoms with Gasteiger partial charge in [0.1, 0.15) is 10.6 Å². The standard InChI is InChI=1S/C14H16N2O4S/c1-9-5-4-6-10(2)13(9)15-21(19,20)11-7-12(14(17)18)16(3)8-11/h4-8,15H,1-3H3,(H,17,18). The first-order valence-corrected chi connectivity index (χ1v) is 7.69. The van der Waals surface area contributed by atoms with Gasteiger partial charge >= 0.3 is 5.97 Å². The molecule has 1 heterocycles. The number of sulfonamides is 1. The molecule has 2 aromatic rings. The van der Waals surface area contributed by atoms with Crippen LogP contribution in [0, 0.1) is 13.8 Å². The predicted octanol–water partition coefficient (Wildman–Crippen LogP) is 2.14. The van der Waals surface area contributed by atoms with E-state index in [1.54, 1.807) is 26.0 Å². The number of aromatic nitrogens is 1. The second-order valence-electron chi connectivity index (χ2n) is 4.85. The maximum absolute atomic E-state index is 12.4. The third-order valence-electron chi connectivity index (χ3n) is 3.23. The Labute approximate surface area is 123 Å². The summed E-state index contributed by atoms with van der Waals surface area (Å²) < 4.78 is 28.5. The minimum atomic E-state index is -3.83. The van der Waals surface area contributed by atoms with E-state index in [0.29, 0.717) is 5.69 Å². The van der Waals surface area contributed by atoms with Crippen LogP contribution in [0.5, 0.6) is 0 Å². The second-order valence-corrected chi connectivity index (χ2v) is 6.53. The van der Waals surface area contributed by atoms with E-state index >= 15 is 0 Å². The average molecular weight is 308 g/mol. The molecule has 0 radical (unpaired) electrons. The fraction of sp³-hybridized carbons (Fsp3) is 0.214. The van der Waals surface area contributed by atoms with Gasteiger partial charge in [-0.2, -0.15) is 0 Å². The topological polar surface area (TPSA) is 88.4 Å².